The van der Waals surface area contributed by atoms with Crippen LogP contribution in [0.1, 0.15) is 11.8 Å². The lowest BCUT2D eigenvalue weighted by atomic mass is 10.2. The van der Waals surface area contributed by atoms with Crippen molar-refractivity contribution < 1.29 is 4.74 Å². The summed E-state index contributed by atoms with van der Waals surface area (Å²) < 4.78 is 5.62. The third kappa shape index (κ3) is 2.75. The monoisotopic (exact) mass is 300 g/mol. The zero-order valence-electron chi connectivity index (χ0n) is 11.9. The number of anilines is 3. The summed E-state index contributed by atoms with van der Waals surface area (Å²) in [4.78, 5) is 10.6. The number of aryl methyl sites for hydroxylation is 1. The minimum Gasteiger partial charge on any atom is -0.492 e. The SMILES string of the molecule is CCOc1ccccc1Nc1nc(N)nc2sc(C)cc12. The van der Waals surface area contributed by atoms with Gasteiger partial charge in [-0.2, -0.15) is 4.98 Å². The first-order valence-electron chi connectivity index (χ1n) is 6.70. The van der Waals surface area contributed by atoms with E-state index >= 15 is 0 Å². The van der Waals surface area contributed by atoms with Crippen LogP contribution in [0.3, 0.4) is 0 Å². The average molecular weight is 300 g/mol. The van der Waals surface area contributed by atoms with E-state index in [-0.39, 0.29) is 5.95 Å². The minimum absolute atomic E-state index is 0.265. The lowest BCUT2D eigenvalue weighted by Crippen LogP contribution is -2.02. The smallest absolute Gasteiger partial charge is 0.223 e. The first-order valence-corrected chi connectivity index (χ1v) is 7.51. The number of nitrogens with two attached hydrogens (primary N) is 1. The summed E-state index contributed by atoms with van der Waals surface area (Å²) in [6.07, 6.45) is 0. The van der Waals surface area contributed by atoms with Crippen LogP contribution in [0.5, 0.6) is 5.75 Å². The Kier molecular flexibility index (Phi) is 3.62. The largest absolute Gasteiger partial charge is 0.492 e. The van der Waals surface area contributed by atoms with Gasteiger partial charge in [-0.15, -0.1) is 11.3 Å². The number of para-hydroxylation sites is 2. The van der Waals surface area contributed by atoms with Crippen LogP contribution in [0.25, 0.3) is 10.2 Å². The quantitative estimate of drug-likeness (QED) is 0.768. The molecule has 0 aliphatic heterocycles. The van der Waals surface area contributed by atoms with E-state index in [2.05, 4.69) is 21.4 Å². The van der Waals surface area contributed by atoms with E-state index in [1.54, 1.807) is 11.3 Å². The normalized spacial score (nSPS) is 10.8. The van der Waals surface area contributed by atoms with E-state index in [9.17, 15) is 0 Å². The first-order chi connectivity index (χ1) is 10.2. The summed E-state index contributed by atoms with van der Waals surface area (Å²) in [5.74, 6) is 1.76. The van der Waals surface area contributed by atoms with Gasteiger partial charge in [0.2, 0.25) is 5.95 Å². The fourth-order valence-corrected chi connectivity index (χ4v) is 3.02. The van der Waals surface area contributed by atoms with Gasteiger partial charge in [0, 0.05) is 4.88 Å². The van der Waals surface area contributed by atoms with Crippen LogP contribution in [0, 0.1) is 6.92 Å². The highest BCUT2D eigenvalue weighted by Crippen LogP contribution is 2.33. The van der Waals surface area contributed by atoms with E-state index < -0.39 is 0 Å². The second-order valence-corrected chi connectivity index (χ2v) is 5.80. The number of benzene rings is 1. The lowest BCUT2D eigenvalue weighted by Gasteiger charge is -2.12. The molecule has 0 amide bonds. The summed E-state index contributed by atoms with van der Waals surface area (Å²) in [6, 6.07) is 9.83. The Morgan fingerprint density at radius 3 is 2.90 bits per heavy atom. The molecule has 108 valence electrons. The third-order valence-corrected chi connectivity index (χ3v) is 3.92. The second-order valence-electron chi connectivity index (χ2n) is 4.56. The molecule has 2 aromatic heterocycles. The summed E-state index contributed by atoms with van der Waals surface area (Å²) in [7, 11) is 0. The van der Waals surface area contributed by atoms with Crippen molar-refractivity contribution >= 4 is 39.0 Å². The van der Waals surface area contributed by atoms with Gasteiger partial charge in [0.15, 0.2) is 0 Å². The molecule has 21 heavy (non-hydrogen) atoms. The minimum atomic E-state index is 0.265. The molecule has 3 N–H and O–H groups in total. The highest BCUT2D eigenvalue weighted by molar-refractivity contribution is 7.18. The van der Waals surface area contributed by atoms with E-state index in [1.165, 1.54) is 4.88 Å². The van der Waals surface area contributed by atoms with Crippen molar-refractivity contribution in [3.05, 3.63) is 35.2 Å². The van der Waals surface area contributed by atoms with Crippen LogP contribution in [0.4, 0.5) is 17.5 Å². The maximum atomic E-state index is 5.80. The van der Waals surface area contributed by atoms with Gasteiger partial charge in [0.25, 0.3) is 0 Å². The fourth-order valence-electron chi connectivity index (χ4n) is 2.13. The number of hydrogen-bond donors (Lipinski definition) is 2. The van der Waals surface area contributed by atoms with Crippen LogP contribution in [-0.2, 0) is 0 Å². The molecule has 0 aliphatic carbocycles. The Morgan fingerprint density at radius 2 is 2.10 bits per heavy atom. The molecule has 3 aromatic rings. The Hall–Kier alpha value is -2.34. The Morgan fingerprint density at radius 1 is 1.29 bits per heavy atom. The maximum Gasteiger partial charge on any atom is 0.223 e. The highest BCUT2D eigenvalue weighted by atomic mass is 32.1. The van der Waals surface area contributed by atoms with Gasteiger partial charge in [0.1, 0.15) is 16.4 Å². The Balaban J connectivity index is 2.05. The summed E-state index contributed by atoms with van der Waals surface area (Å²) in [5, 5.41) is 4.28. The molecule has 3 rings (SSSR count). The zero-order chi connectivity index (χ0) is 14.8. The molecule has 0 fully saturated rings. The molecule has 0 bridgehead atoms. The van der Waals surface area contributed by atoms with E-state index in [4.69, 9.17) is 10.5 Å². The number of nitrogens with zero attached hydrogens (tertiary/aromatic N) is 2. The number of nitrogen functional groups attached to an aromatic ring is 1. The van der Waals surface area contributed by atoms with Crippen molar-refractivity contribution in [2.24, 2.45) is 0 Å². The van der Waals surface area contributed by atoms with Gasteiger partial charge in [-0.25, -0.2) is 4.98 Å². The standard InChI is InChI=1S/C15H16N4OS/c1-3-20-12-7-5-4-6-11(12)17-13-10-8-9(2)21-14(10)19-15(16)18-13/h4-8H,3H2,1-2H3,(H3,16,17,18,19). The number of thiophene rings is 1. The van der Waals surface area contributed by atoms with Gasteiger partial charge in [-0.3, -0.25) is 0 Å². The predicted molar refractivity (Wildman–Crippen MR) is 87.5 cm³/mol. The van der Waals surface area contributed by atoms with E-state index in [0.717, 1.165) is 21.7 Å². The molecule has 0 saturated carbocycles. The van der Waals surface area contributed by atoms with Crippen molar-refractivity contribution in [3.63, 3.8) is 0 Å². The van der Waals surface area contributed by atoms with Crippen LogP contribution in [-0.4, -0.2) is 16.6 Å². The molecule has 2 heterocycles. The van der Waals surface area contributed by atoms with Crippen molar-refractivity contribution in [2.75, 3.05) is 17.7 Å². The number of aromatic nitrogens is 2. The molecular formula is C15H16N4OS. The molecule has 0 unspecified atom stereocenters. The Bertz CT molecular complexity index is 784. The topological polar surface area (TPSA) is 73.1 Å². The van der Waals surface area contributed by atoms with E-state index in [0.29, 0.717) is 12.4 Å². The van der Waals surface area contributed by atoms with Crippen molar-refractivity contribution in [1.29, 1.82) is 0 Å². The van der Waals surface area contributed by atoms with Gasteiger partial charge >= 0.3 is 0 Å². The van der Waals surface area contributed by atoms with Crippen LogP contribution in [0.2, 0.25) is 0 Å². The molecule has 0 radical (unpaired) electrons. The van der Waals surface area contributed by atoms with Gasteiger partial charge < -0.3 is 15.8 Å². The van der Waals surface area contributed by atoms with Gasteiger partial charge in [-0.1, -0.05) is 12.1 Å². The second kappa shape index (κ2) is 5.57. The molecular weight excluding hydrogens is 284 g/mol. The fraction of sp³-hybridized carbons (Fsp3) is 0.200. The summed E-state index contributed by atoms with van der Waals surface area (Å²) in [5.41, 5.74) is 6.66. The van der Waals surface area contributed by atoms with Crippen molar-refractivity contribution in [2.45, 2.75) is 13.8 Å². The molecule has 0 saturated heterocycles. The number of rotatable bonds is 4. The third-order valence-electron chi connectivity index (χ3n) is 2.97. The van der Waals surface area contributed by atoms with Crippen LogP contribution in [0.15, 0.2) is 30.3 Å². The Labute approximate surface area is 126 Å². The van der Waals surface area contributed by atoms with Crippen LogP contribution >= 0.6 is 11.3 Å². The number of fused-ring (bicyclic) bond motifs is 1. The molecule has 1 aromatic carbocycles. The summed E-state index contributed by atoms with van der Waals surface area (Å²) >= 11 is 1.60. The maximum absolute atomic E-state index is 5.80. The van der Waals surface area contributed by atoms with Gasteiger partial charge in [0.05, 0.1) is 17.7 Å². The molecule has 0 spiro atoms. The lowest BCUT2D eigenvalue weighted by molar-refractivity contribution is 0.342. The zero-order valence-corrected chi connectivity index (χ0v) is 12.7. The molecule has 5 nitrogen and oxygen atoms in total. The molecule has 6 heteroatoms. The average Bonchev–Trinajstić information content (AvgIpc) is 2.81. The number of ether oxygens (including phenoxy) is 1. The number of hydrogen-bond acceptors (Lipinski definition) is 6. The first kappa shape index (κ1) is 13.6. The summed E-state index contributed by atoms with van der Waals surface area (Å²) in [6.45, 7) is 4.61. The van der Waals surface area contributed by atoms with Crippen molar-refractivity contribution in [3.8, 4) is 5.75 Å². The van der Waals surface area contributed by atoms with Gasteiger partial charge in [-0.05, 0) is 32.0 Å². The molecule has 0 atom stereocenters. The number of nitrogens with one attached hydrogen (secondary N) is 1. The van der Waals surface area contributed by atoms with E-state index in [1.807, 2.05) is 38.1 Å². The van der Waals surface area contributed by atoms with Crippen molar-refractivity contribution in [1.82, 2.24) is 9.97 Å². The predicted octanol–water partition coefficient (Wildman–Crippen LogP) is 3.72. The highest BCUT2D eigenvalue weighted by Gasteiger charge is 2.11. The van der Waals surface area contributed by atoms with Crippen LogP contribution < -0.4 is 15.8 Å². The molecule has 0 aliphatic rings.